The highest BCUT2D eigenvalue weighted by molar-refractivity contribution is 6.32. The number of hydrogen-bond donors (Lipinski definition) is 2. The van der Waals surface area contributed by atoms with Gasteiger partial charge in [-0.3, -0.25) is 0 Å². The van der Waals surface area contributed by atoms with Crippen molar-refractivity contribution in [3.05, 3.63) is 77.3 Å². The van der Waals surface area contributed by atoms with Crippen LogP contribution < -0.4 is 10.1 Å². The first-order valence-electron chi connectivity index (χ1n) is 6.91. The van der Waals surface area contributed by atoms with Crippen LogP contribution in [-0.2, 0) is 0 Å². The normalized spacial score (nSPS) is 11.9. The number of benzene rings is 2. The van der Waals surface area contributed by atoms with Crippen LogP contribution in [0.1, 0.15) is 17.3 Å². The summed E-state index contributed by atoms with van der Waals surface area (Å²) in [5.41, 5.74) is 3.03. The van der Waals surface area contributed by atoms with Crippen LogP contribution in [0.15, 0.2) is 61.1 Å². The molecule has 4 nitrogen and oxygen atoms in total. The zero-order valence-corrected chi connectivity index (χ0v) is 12.8. The lowest BCUT2D eigenvalue weighted by Crippen LogP contribution is -2.12. The van der Waals surface area contributed by atoms with E-state index in [-0.39, 0.29) is 6.04 Å². The van der Waals surface area contributed by atoms with E-state index in [1.807, 2.05) is 42.6 Å². The van der Waals surface area contributed by atoms with Crippen molar-refractivity contribution in [3.8, 4) is 5.75 Å². The maximum atomic E-state index is 6.20. The van der Waals surface area contributed by atoms with Gasteiger partial charge in [0.15, 0.2) is 0 Å². The molecule has 2 N–H and O–H groups in total. The minimum absolute atomic E-state index is 0.0341. The smallest absolute Gasteiger partial charge is 0.137 e. The number of nitrogens with zero attached hydrogens (tertiary/aromatic N) is 1. The molecule has 3 aromatic rings. The Labute approximate surface area is 134 Å². The predicted molar refractivity (Wildman–Crippen MR) is 88.5 cm³/mol. The van der Waals surface area contributed by atoms with E-state index >= 15 is 0 Å². The molecule has 5 heteroatoms. The summed E-state index contributed by atoms with van der Waals surface area (Å²) in [5, 5.41) is 4.05. The second kappa shape index (κ2) is 6.54. The molecule has 0 spiro atoms. The summed E-state index contributed by atoms with van der Waals surface area (Å²) >= 11 is 6.20. The summed E-state index contributed by atoms with van der Waals surface area (Å²) in [6.45, 7) is 0. The van der Waals surface area contributed by atoms with Crippen LogP contribution in [0.3, 0.4) is 0 Å². The highest BCUT2D eigenvalue weighted by Crippen LogP contribution is 2.30. The van der Waals surface area contributed by atoms with Gasteiger partial charge in [-0.15, -0.1) is 0 Å². The molecule has 112 valence electrons. The fourth-order valence-electron chi connectivity index (χ4n) is 2.33. The SMILES string of the molecule is COc1ccc(NC(c2ccccc2)c2cnc[nH]2)cc1Cl. The third kappa shape index (κ3) is 3.07. The van der Waals surface area contributed by atoms with Crippen molar-refractivity contribution in [2.45, 2.75) is 6.04 Å². The highest BCUT2D eigenvalue weighted by atomic mass is 35.5. The van der Waals surface area contributed by atoms with Gasteiger partial charge in [-0.1, -0.05) is 41.9 Å². The summed E-state index contributed by atoms with van der Waals surface area (Å²) in [6.07, 6.45) is 3.49. The first-order valence-corrected chi connectivity index (χ1v) is 7.29. The van der Waals surface area contributed by atoms with Gasteiger partial charge < -0.3 is 15.0 Å². The molecule has 1 aromatic heterocycles. The van der Waals surface area contributed by atoms with Crippen molar-refractivity contribution in [1.82, 2.24) is 9.97 Å². The highest BCUT2D eigenvalue weighted by Gasteiger charge is 2.15. The Morgan fingerprint density at radius 2 is 2.00 bits per heavy atom. The fourth-order valence-corrected chi connectivity index (χ4v) is 2.59. The van der Waals surface area contributed by atoms with Crippen LogP contribution in [0.5, 0.6) is 5.75 Å². The van der Waals surface area contributed by atoms with Crippen LogP contribution in [-0.4, -0.2) is 17.1 Å². The maximum Gasteiger partial charge on any atom is 0.137 e. The summed E-state index contributed by atoms with van der Waals surface area (Å²) < 4.78 is 5.19. The Morgan fingerprint density at radius 1 is 1.18 bits per heavy atom. The van der Waals surface area contributed by atoms with Crippen molar-refractivity contribution >= 4 is 17.3 Å². The molecule has 22 heavy (non-hydrogen) atoms. The molecule has 0 aliphatic carbocycles. The van der Waals surface area contributed by atoms with Gasteiger partial charge in [0, 0.05) is 5.69 Å². The number of aromatic nitrogens is 2. The molecule has 0 saturated carbocycles. The number of nitrogens with one attached hydrogen (secondary N) is 2. The van der Waals surface area contributed by atoms with E-state index in [1.165, 1.54) is 0 Å². The van der Waals surface area contributed by atoms with Crippen molar-refractivity contribution in [2.24, 2.45) is 0 Å². The first-order chi connectivity index (χ1) is 10.8. The third-order valence-electron chi connectivity index (χ3n) is 3.43. The zero-order chi connectivity index (χ0) is 15.4. The van der Waals surface area contributed by atoms with Crippen LogP contribution in [0.4, 0.5) is 5.69 Å². The minimum atomic E-state index is -0.0341. The molecule has 1 atom stereocenters. The fraction of sp³-hybridized carbons (Fsp3) is 0.118. The largest absolute Gasteiger partial charge is 0.495 e. The molecule has 0 fully saturated rings. The Kier molecular flexibility index (Phi) is 4.30. The second-order valence-corrected chi connectivity index (χ2v) is 5.25. The molecular formula is C17H16ClN3O. The van der Waals surface area contributed by atoms with E-state index < -0.39 is 0 Å². The molecule has 0 saturated heterocycles. The summed E-state index contributed by atoms with van der Waals surface area (Å²) in [6, 6.07) is 15.8. The van der Waals surface area contributed by atoms with Gasteiger partial charge in [0.2, 0.25) is 0 Å². The molecule has 2 aromatic carbocycles. The number of H-pyrrole nitrogens is 1. The minimum Gasteiger partial charge on any atom is -0.495 e. The second-order valence-electron chi connectivity index (χ2n) is 4.84. The lowest BCUT2D eigenvalue weighted by molar-refractivity contribution is 0.415. The van der Waals surface area contributed by atoms with Crippen molar-refractivity contribution < 1.29 is 4.74 Å². The van der Waals surface area contributed by atoms with Crippen molar-refractivity contribution in [1.29, 1.82) is 0 Å². The summed E-state index contributed by atoms with van der Waals surface area (Å²) in [7, 11) is 1.60. The quantitative estimate of drug-likeness (QED) is 0.739. The van der Waals surface area contributed by atoms with E-state index in [2.05, 4.69) is 27.4 Å². The third-order valence-corrected chi connectivity index (χ3v) is 3.72. The Hall–Kier alpha value is -2.46. The lowest BCUT2D eigenvalue weighted by atomic mass is 10.0. The summed E-state index contributed by atoms with van der Waals surface area (Å²) in [5.74, 6) is 0.657. The molecule has 3 rings (SSSR count). The molecular weight excluding hydrogens is 298 g/mol. The van der Waals surface area contributed by atoms with Crippen LogP contribution in [0, 0.1) is 0 Å². The van der Waals surface area contributed by atoms with E-state index in [0.29, 0.717) is 10.8 Å². The van der Waals surface area contributed by atoms with E-state index in [4.69, 9.17) is 16.3 Å². The maximum absolute atomic E-state index is 6.20. The number of ether oxygens (including phenoxy) is 1. The van der Waals surface area contributed by atoms with Gasteiger partial charge in [0.1, 0.15) is 5.75 Å². The Morgan fingerprint density at radius 3 is 2.64 bits per heavy atom. The molecule has 0 radical (unpaired) electrons. The molecule has 0 aliphatic heterocycles. The summed E-state index contributed by atoms with van der Waals surface area (Å²) in [4.78, 5) is 7.28. The standard InChI is InChI=1S/C17H16ClN3O/c1-22-16-8-7-13(9-14(16)18)21-17(15-10-19-11-20-15)12-5-3-2-4-6-12/h2-11,17,21H,1H3,(H,19,20). The van der Waals surface area contributed by atoms with Crippen LogP contribution in [0.2, 0.25) is 5.02 Å². The molecule has 0 amide bonds. The number of anilines is 1. The van der Waals surface area contributed by atoms with Crippen molar-refractivity contribution in [2.75, 3.05) is 12.4 Å². The van der Waals surface area contributed by atoms with Gasteiger partial charge in [-0.2, -0.15) is 0 Å². The van der Waals surface area contributed by atoms with E-state index in [0.717, 1.165) is 16.9 Å². The Bertz CT molecular complexity index is 729. The molecule has 0 bridgehead atoms. The average molecular weight is 314 g/mol. The van der Waals surface area contributed by atoms with Gasteiger partial charge in [0.05, 0.1) is 36.4 Å². The topological polar surface area (TPSA) is 49.9 Å². The van der Waals surface area contributed by atoms with Crippen LogP contribution in [0.25, 0.3) is 0 Å². The number of methoxy groups -OCH3 is 1. The number of hydrogen-bond acceptors (Lipinski definition) is 3. The van der Waals surface area contributed by atoms with E-state index in [1.54, 1.807) is 13.4 Å². The van der Waals surface area contributed by atoms with Gasteiger partial charge in [0.25, 0.3) is 0 Å². The number of halogens is 1. The zero-order valence-electron chi connectivity index (χ0n) is 12.1. The van der Waals surface area contributed by atoms with Gasteiger partial charge in [-0.05, 0) is 23.8 Å². The number of imidazole rings is 1. The van der Waals surface area contributed by atoms with Gasteiger partial charge in [-0.25, -0.2) is 4.98 Å². The predicted octanol–water partition coefficient (Wildman–Crippen LogP) is 4.27. The molecule has 1 heterocycles. The number of rotatable bonds is 5. The van der Waals surface area contributed by atoms with Crippen molar-refractivity contribution in [3.63, 3.8) is 0 Å². The molecule has 0 aliphatic rings. The Balaban J connectivity index is 1.92. The van der Waals surface area contributed by atoms with E-state index in [9.17, 15) is 0 Å². The van der Waals surface area contributed by atoms with Crippen LogP contribution >= 0.6 is 11.6 Å². The molecule has 1 unspecified atom stereocenters. The monoisotopic (exact) mass is 313 g/mol. The van der Waals surface area contributed by atoms with Gasteiger partial charge >= 0.3 is 0 Å². The average Bonchev–Trinajstić information content (AvgIpc) is 3.08. The lowest BCUT2D eigenvalue weighted by Gasteiger charge is -2.19. The first kappa shape index (κ1) is 14.5. The number of aromatic amines is 1.